The second kappa shape index (κ2) is 3.93. The van der Waals surface area contributed by atoms with Gasteiger partial charge in [0.2, 0.25) is 5.76 Å². The number of carbonyl (C=O) groups is 2. The summed E-state index contributed by atoms with van der Waals surface area (Å²) in [6.07, 6.45) is 0. The number of fused-ring (bicyclic) bond motifs is 1. The number of carbonyl (C=O) groups excluding carboxylic acids is 1. The first-order valence-electron chi connectivity index (χ1n) is 4.89. The van der Waals surface area contributed by atoms with Gasteiger partial charge in [0.25, 0.3) is 0 Å². The molecular formula is C12H10O5. The molecule has 88 valence electrons. The SMILES string of the molecule is COc1ccc2oc(C(=O)O)cc2c1C(C)=O. The summed E-state index contributed by atoms with van der Waals surface area (Å²) in [5.74, 6) is -1.17. The number of furan rings is 1. The van der Waals surface area contributed by atoms with Crippen LogP contribution in [0.25, 0.3) is 11.0 Å². The van der Waals surface area contributed by atoms with E-state index in [0.717, 1.165) is 0 Å². The van der Waals surface area contributed by atoms with Crippen molar-refractivity contribution in [2.45, 2.75) is 6.92 Å². The third kappa shape index (κ3) is 1.75. The van der Waals surface area contributed by atoms with E-state index in [1.807, 2.05) is 0 Å². The van der Waals surface area contributed by atoms with Gasteiger partial charge < -0.3 is 14.3 Å². The van der Waals surface area contributed by atoms with E-state index in [4.69, 9.17) is 14.3 Å². The van der Waals surface area contributed by atoms with E-state index in [9.17, 15) is 9.59 Å². The van der Waals surface area contributed by atoms with Crippen LogP contribution in [0.1, 0.15) is 27.8 Å². The van der Waals surface area contributed by atoms with Crippen molar-refractivity contribution in [3.8, 4) is 5.75 Å². The molecular weight excluding hydrogens is 224 g/mol. The fourth-order valence-corrected chi connectivity index (χ4v) is 1.73. The Kier molecular flexibility index (Phi) is 2.59. The molecule has 0 saturated heterocycles. The second-order valence-corrected chi connectivity index (χ2v) is 3.53. The van der Waals surface area contributed by atoms with Crippen molar-refractivity contribution in [1.29, 1.82) is 0 Å². The lowest BCUT2D eigenvalue weighted by Crippen LogP contribution is -1.97. The summed E-state index contributed by atoms with van der Waals surface area (Å²) in [4.78, 5) is 22.3. The van der Waals surface area contributed by atoms with Gasteiger partial charge in [0.05, 0.1) is 12.7 Å². The number of ether oxygens (including phenoxy) is 1. The van der Waals surface area contributed by atoms with Crippen molar-refractivity contribution >= 4 is 22.7 Å². The first-order valence-corrected chi connectivity index (χ1v) is 4.89. The van der Waals surface area contributed by atoms with Crippen LogP contribution in [0.4, 0.5) is 0 Å². The molecule has 2 rings (SSSR count). The van der Waals surface area contributed by atoms with Gasteiger partial charge in [-0.2, -0.15) is 0 Å². The highest BCUT2D eigenvalue weighted by Gasteiger charge is 2.18. The summed E-state index contributed by atoms with van der Waals surface area (Å²) in [6, 6.07) is 4.48. The second-order valence-electron chi connectivity index (χ2n) is 3.53. The minimum atomic E-state index is -1.17. The zero-order valence-corrected chi connectivity index (χ0v) is 9.31. The van der Waals surface area contributed by atoms with Crippen LogP contribution in [0.3, 0.4) is 0 Å². The summed E-state index contributed by atoms with van der Waals surface area (Å²) in [6.45, 7) is 1.39. The molecule has 1 aromatic heterocycles. The molecule has 0 radical (unpaired) electrons. The van der Waals surface area contributed by atoms with Crippen molar-refractivity contribution in [2.24, 2.45) is 0 Å². The van der Waals surface area contributed by atoms with Gasteiger partial charge in [-0.15, -0.1) is 0 Å². The van der Waals surface area contributed by atoms with Crippen LogP contribution in [0.5, 0.6) is 5.75 Å². The fourth-order valence-electron chi connectivity index (χ4n) is 1.73. The van der Waals surface area contributed by atoms with Crippen LogP contribution in [-0.4, -0.2) is 24.0 Å². The molecule has 0 unspecified atom stereocenters. The molecule has 1 aromatic carbocycles. The first-order chi connectivity index (χ1) is 8.04. The Hall–Kier alpha value is -2.30. The van der Waals surface area contributed by atoms with Crippen LogP contribution in [0.2, 0.25) is 0 Å². The highest BCUT2D eigenvalue weighted by molar-refractivity contribution is 6.09. The van der Waals surface area contributed by atoms with Crippen molar-refractivity contribution in [3.63, 3.8) is 0 Å². The van der Waals surface area contributed by atoms with E-state index < -0.39 is 5.97 Å². The molecule has 5 heteroatoms. The number of carboxylic acids is 1. The largest absolute Gasteiger partial charge is 0.496 e. The third-order valence-corrected chi connectivity index (χ3v) is 2.45. The molecule has 0 aliphatic carbocycles. The first kappa shape index (κ1) is 11.2. The maximum absolute atomic E-state index is 11.5. The van der Waals surface area contributed by atoms with Gasteiger partial charge in [-0.3, -0.25) is 4.79 Å². The molecule has 17 heavy (non-hydrogen) atoms. The summed E-state index contributed by atoms with van der Waals surface area (Å²) >= 11 is 0. The van der Waals surface area contributed by atoms with Gasteiger partial charge in [0.15, 0.2) is 5.78 Å². The Morgan fingerprint density at radius 3 is 2.59 bits per heavy atom. The number of hydrogen-bond acceptors (Lipinski definition) is 4. The quantitative estimate of drug-likeness (QED) is 0.825. The van der Waals surface area contributed by atoms with E-state index >= 15 is 0 Å². The number of ketones is 1. The normalized spacial score (nSPS) is 10.5. The van der Waals surface area contributed by atoms with E-state index in [-0.39, 0.29) is 11.5 Å². The van der Waals surface area contributed by atoms with Gasteiger partial charge in [-0.05, 0) is 19.1 Å². The van der Waals surface area contributed by atoms with Crippen LogP contribution in [-0.2, 0) is 0 Å². The number of methoxy groups -OCH3 is 1. The lowest BCUT2D eigenvalue weighted by molar-refractivity contribution is 0.0664. The Morgan fingerprint density at radius 1 is 1.35 bits per heavy atom. The zero-order valence-electron chi connectivity index (χ0n) is 9.31. The van der Waals surface area contributed by atoms with Gasteiger partial charge in [-0.25, -0.2) is 4.79 Å². The number of Topliss-reactive ketones (excluding diaryl/α,β-unsaturated/α-hetero) is 1. The molecule has 0 aliphatic heterocycles. The maximum Gasteiger partial charge on any atom is 0.371 e. The molecule has 1 N–H and O–H groups in total. The van der Waals surface area contributed by atoms with E-state index in [2.05, 4.69) is 0 Å². The lowest BCUT2D eigenvalue weighted by Gasteiger charge is -2.05. The molecule has 0 amide bonds. The Morgan fingerprint density at radius 2 is 2.06 bits per heavy atom. The summed E-state index contributed by atoms with van der Waals surface area (Å²) in [7, 11) is 1.45. The van der Waals surface area contributed by atoms with Crippen LogP contribution in [0, 0.1) is 0 Å². The average molecular weight is 234 g/mol. The van der Waals surface area contributed by atoms with E-state index in [0.29, 0.717) is 22.3 Å². The van der Waals surface area contributed by atoms with Gasteiger partial charge in [0, 0.05) is 11.5 Å². The van der Waals surface area contributed by atoms with Crippen molar-refractivity contribution in [1.82, 2.24) is 0 Å². The predicted molar refractivity (Wildman–Crippen MR) is 59.7 cm³/mol. The average Bonchev–Trinajstić information content (AvgIpc) is 2.70. The van der Waals surface area contributed by atoms with Gasteiger partial charge >= 0.3 is 5.97 Å². The van der Waals surface area contributed by atoms with E-state index in [1.54, 1.807) is 12.1 Å². The summed E-state index contributed by atoms with van der Waals surface area (Å²) in [5.41, 5.74) is 0.689. The van der Waals surface area contributed by atoms with Gasteiger partial charge in [0.1, 0.15) is 11.3 Å². The Bertz CT molecular complexity index is 609. The monoisotopic (exact) mass is 234 g/mol. The number of rotatable bonds is 3. The minimum Gasteiger partial charge on any atom is -0.496 e. The number of hydrogen-bond donors (Lipinski definition) is 1. The third-order valence-electron chi connectivity index (χ3n) is 2.45. The number of aromatic carboxylic acids is 1. The molecule has 0 fully saturated rings. The molecule has 5 nitrogen and oxygen atoms in total. The van der Waals surface area contributed by atoms with Crippen molar-refractivity contribution in [3.05, 3.63) is 29.5 Å². The zero-order chi connectivity index (χ0) is 12.6. The maximum atomic E-state index is 11.5. The smallest absolute Gasteiger partial charge is 0.371 e. The summed E-state index contributed by atoms with van der Waals surface area (Å²) in [5, 5.41) is 9.28. The highest BCUT2D eigenvalue weighted by atomic mass is 16.5. The fraction of sp³-hybridized carbons (Fsp3) is 0.167. The number of carboxylic acid groups (broad SMARTS) is 1. The van der Waals surface area contributed by atoms with Crippen LogP contribution >= 0.6 is 0 Å². The van der Waals surface area contributed by atoms with Crippen molar-refractivity contribution in [2.75, 3.05) is 7.11 Å². The Labute approximate surface area is 96.6 Å². The number of benzene rings is 1. The standard InChI is InChI=1S/C12H10O5/c1-6(13)11-7-5-10(12(14)15)17-8(7)3-4-9(11)16-2/h3-5H,1-2H3,(H,14,15). The van der Waals surface area contributed by atoms with Crippen LogP contribution < -0.4 is 4.74 Å². The van der Waals surface area contributed by atoms with E-state index in [1.165, 1.54) is 20.1 Å². The molecule has 2 aromatic rings. The van der Waals surface area contributed by atoms with Crippen LogP contribution in [0.15, 0.2) is 22.6 Å². The molecule has 0 bridgehead atoms. The Balaban J connectivity index is 2.80. The summed E-state index contributed by atoms with van der Waals surface area (Å²) < 4.78 is 10.2. The molecule has 1 heterocycles. The molecule has 0 saturated carbocycles. The lowest BCUT2D eigenvalue weighted by atomic mass is 10.1. The topological polar surface area (TPSA) is 76.7 Å². The minimum absolute atomic E-state index is 0.198. The molecule has 0 atom stereocenters. The molecule has 0 spiro atoms. The van der Waals surface area contributed by atoms with Crippen molar-refractivity contribution < 1.29 is 23.8 Å². The van der Waals surface area contributed by atoms with Gasteiger partial charge in [-0.1, -0.05) is 0 Å². The molecule has 0 aliphatic rings. The predicted octanol–water partition coefficient (Wildman–Crippen LogP) is 2.34. The highest BCUT2D eigenvalue weighted by Crippen LogP contribution is 2.30.